The molecule has 0 saturated heterocycles. The lowest BCUT2D eigenvalue weighted by molar-refractivity contribution is -0.384. The molecule has 0 unspecified atom stereocenters. The van der Waals surface area contributed by atoms with Gasteiger partial charge in [0.25, 0.3) is 5.69 Å². The lowest BCUT2D eigenvalue weighted by atomic mass is 10.2. The van der Waals surface area contributed by atoms with Gasteiger partial charge < -0.3 is 15.5 Å². The molecular formula is C13H11BrN2O4. The molecule has 0 amide bonds. The summed E-state index contributed by atoms with van der Waals surface area (Å²) in [5.41, 5.74) is 0.969. The molecule has 104 valence electrons. The van der Waals surface area contributed by atoms with E-state index in [9.17, 15) is 20.3 Å². The number of hydrogen-bond acceptors (Lipinski definition) is 5. The predicted molar refractivity (Wildman–Crippen MR) is 77.9 cm³/mol. The van der Waals surface area contributed by atoms with E-state index in [1.165, 1.54) is 18.2 Å². The summed E-state index contributed by atoms with van der Waals surface area (Å²) in [5, 5.41) is 32.5. The second-order valence-electron chi connectivity index (χ2n) is 4.10. The minimum Gasteiger partial charge on any atom is -0.508 e. The van der Waals surface area contributed by atoms with Crippen LogP contribution in [0.4, 0.5) is 11.4 Å². The molecule has 0 aliphatic carbocycles. The Bertz CT molecular complexity index is 661. The number of anilines is 1. The van der Waals surface area contributed by atoms with Crippen LogP contribution in [0, 0.1) is 10.1 Å². The standard InChI is InChI=1S/C13H11BrN2O4/c14-10-5-8(1-4-13(10)18)7-15-11-3-2-9(17)6-12(11)16(19)20/h1-6,15,17-18H,7H2. The molecule has 0 spiro atoms. The molecule has 3 N–H and O–H groups in total. The number of benzene rings is 2. The topological polar surface area (TPSA) is 95.6 Å². The molecule has 2 aromatic rings. The quantitative estimate of drug-likeness (QED) is 0.451. The van der Waals surface area contributed by atoms with Crippen LogP contribution in [0.2, 0.25) is 0 Å². The van der Waals surface area contributed by atoms with Crippen molar-refractivity contribution in [3.8, 4) is 11.5 Å². The number of nitro groups is 1. The van der Waals surface area contributed by atoms with E-state index in [4.69, 9.17) is 0 Å². The van der Waals surface area contributed by atoms with E-state index in [1.807, 2.05) is 0 Å². The number of phenols is 2. The Balaban J connectivity index is 2.18. The summed E-state index contributed by atoms with van der Waals surface area (Å²) < 4.78 is 0.553. The maximum atomic E-state index is 10.9. The van der Waals surface area contributed by atoms with Crippen LogP contribution in [-0.2, 0) is 6.54 Å². The molecule has 0 saturated carbocycles. The third kappa shape index (κ3) is 3.18. The Labute approximate surface area is 123 Å². The Kier molecular flexibility index (Phi) is 4.09. The van der Waals surface area contributed by atoms with Gasteiger partial charge >= 0.3 is 0 Å². The normalized spacial score (nSPS) is 10.2. The van der Waals surface area contributed by atoms with Crippen LogP contribution in [0.5, 0.6) is 11.5 Å². The first-order chi connectivity index (χ1) is 9.47. The van der Waals surface area contributed by atoms with Gasteiger partial charge in [0.15, 0.2) is 0 Å². The maximum Gasteiger partial charge on any atom is 0.296 e. The monoisotopic (exact) mass is 338 g/mol. The fourth-order valence-electron chi connectivity index (χ4n) is 1.68. The van der Waals surface area contributed by atoms with Crippen LogP contribution in [0.15, 0.2) is 40.9 Å². The molecular weight excluding hydrogens is 328 g/mol. The summed E-state index contributed by atoms with van der Waals surface area (Å²) in [7, 11) is 0. The van der Waals surface area contributed by atoms with E-state index < -0.39 is 4.92 Å². The molecule has 2 aromatic carbocycles. The van der Waals surface area contributed by atoms with Crippen molar-refractivity contribution in [3.63, 3.8) is 0 Å². The fourth-order valence-corrected chi connectivity index (χ4v) is 2.10. The van der Waals surface area contributed by atoms with Crippen molar-refractivity contribution < 1.29 is 15.1 Å². The first-order valence-corrected chi connectivity index (χ1v) is 6.45. The number of hydrogen-bond donors (Lipinski definition) is 3. The molecule has 0 aromatic heterocycles. The number of nitro benzene ring substituents is 1. The minimum atomic E-state index is -0.561. The molecule has 0 fully saturated rings. The van der Waals surface area contributed by atoms with E-state index in [-0.39, 0.29) is 17.2 Å². The molecule has 0 radical (unpaired) electrons. The van der Waals surface area contributed by atoms with Crippen LogP contribution >= 0.6 is 15.9 Å². The summed E-state index contributed by atoms with van der Waals surface area (Å²) in [5.74, 6) is -0.0287. The van der Waals surface area contributed by atoms with E-state index in [2.05, 4.69) is 21.2 Å². The SMILES string of the molecule is O=[N+]([O-])c1cc(O)ccc1NCc1ccc(O)c(Br)c1. The van der Waals surface area contributed by atoms with Crippen molar-refractivity contribution in [1.29, 1.82) is 0 Å². The highest BCUT2D eigenvalue weighted by Crippen LogP contribution is 2.29. The molecule has 0 aliphatic heterocycles. The van der Waals surface area contributed by atoms with Gasteiger partial charge in [-0.3, -0.25) is 10.1 Å². The van der Waals surface area contributed by atoms with E-state index in [1.54, 1.807) is 12.1 Å². The third-order valence-electron chi connectivity index (χ3n) is 2.67. The fraction of sp³-hybridized carbons (Fsp3) is 0.0769. The number of nitrogens with zero attached hydrogens (tertiary/aromatic N) is 1. The Morgan fingerprint density at radius 2 is 1.95 bits per heavy atom. The van der Waals surface area contributed by atoms with Gasteiger partial charge in [0.05, 0.1) is 15.5 Å². The first kappa shape index (κ1) is 14.1. The zero-order valence-electron chi connectivity index (χ0n) is 10.2. The van der Waals surface area contributed by atoms with Gasteiger partial charge in [-0.2, -0.15) is 0 Å². The van der Waals surface area contributed by atoms with E-state index in [0.29, 0.717) is 16.7 Å². The summed E-state index contributed by atoms with van der Waals surface area (Å²) >= 11 is 3.20. The number of phenolic OH excluding ortho intramolecular Hbond substituents is 2. The third-order valence-corrected chi connectivity index (χ3v) is 3.31. The van der Waals surface area contributed by atoms with Gasteiger partial charge in [-0.25, -0.2) is 0 Å². The molecule has 0 bridgehead atoms. The maximum absolute atomic E-state index is 10.9. The lowest BCUT2D eigenvalue weighted by Gasteiger charge is -2.08. The van der Waals surface area contributed by atoms with Gasteiger partial charge in [0.2, 0.25) is 0 Å². The van der Waals surface area contributed by atoms with Crippen LogP contribution in [0.3, 0.4) is 0 Å². The van der Waals surface area contributed by atoms with Crippen molar-refractivity contribution >= 4 is 27.3 Å². The summed E-state index contributed by atoms with van der Waals surface area (Å²) in [4.78, 5) is 10.3. The Morgan fingerprint density at radius 1 is 1.20 bits per heavy atom. The van der Waals surface area contributed by atoms with E-state index >= 15 is 0 Å². The lowest BCUT2D eigenvalue weighted by Crippen LogP contribution is -2.02. The number of rotatable bonds is 4. The Morgan fingerprint density at radius 3 is 2.60 bits per heavy atom. The molecule has 7 heteroatoms. The Hall–Kier alpha value is -2.28. The van der Waals surface area contributed by atoms with Gasteiger partial charge in [0, 0.05) is 6.54 Å². The van der Waals surface area contributed by atoms with Crippen LogP contribution in [0.1, 0.15) is 5.56 Å². The second-order valence-corrected chi connectivity index (χ2v) is 4.95. The van der Waals surface area contributed by atoms with Gasteiger partial charge in [-0.1, -0.05) is 6.07 Å². The molecule has 20 heavy (non-hydrogen) atoms. The smallest absolute Gasteiger partial charge is 0.296 e. The van der Waals surface area contributed by atoms with Crippen molar-refractivity contribution in [2.24, 2.45) is 0 Å². The summed E-state index contributed by atoms with van der Waals surface area (Å²) in [6.45, 7) is 0.352. The molecule has 0 atom stereocenters. The highest BCUT2D eigenvalue weighted by Gasteiger charge is 2.14. The number of halogens is 1. The summed E-state index contributed by atoms with van der Waals surface area (Å²) in [6, 6.07) is 8.88. The van der Waals surface area contributed by atoms with Gasteiger partial charge in [-0.15, -0.1) is 0 Å². The van der Waals surface area contributed by atoms with Gasteiger partial charge in [-0.05, 0) is 45.8 Å². The highest BCUT2D eigenvalue weighted by molar-refractivity contribution is 9.10. The highest BCUT2D eigenvalue weighted by atomic mass is 79.9. The average Bonchev–Trinajstić information content (AvgIpc) is 2.41. The summed E-state index contributed by atoms with van der Waals surface area (Å²) in [6.07, 6.45) is 0. The first-order valence-electron chi connectivity index (χ1n) is 5.66. The predicted octanol–water partition coefficient (Wildman–Crippen LogP) is 3.38. The molecule has 2 rings (SSSR count). The minimum absolute atomic E-state index is 0.129. The second kappa shape index (κ2) is 5.79. The van der Waals surface area contributed by atoms with Crippen LogP contribution in [-0.4, -0.2) is 15.1 Å². The zero-order chi connectivity index (χ0) is 14.7. The largest absolute Gasteiger partial charge is 0.508 e. The molecule has 0 aliphatic rings. The number of nitrogens with one attached hydrogen (secondary N) is 1. The zero-order valence-corrected chi connectivity index (χ0v) is 11.8. The molecule has 6 nitrogen and oxygen atoms in total. The molecule has 0 heterocycles. The van der Waals surface area contributed by atoms with E-state index in [0.717, 1.165) is 11.6 Å². The van der Waals surface area contributed by atoms with Gasteiger partial charge in [0.1, 0.15) is 17.2 Å². The van der Waals surface area contributed by atoms with Crippen molar-refractivity contribution in [2.45, 2.75) is 6.54 Å². The number of aromatic hydroxyl groups is 2. The van der Waals surface area contributed by atoms with Crippen LogP contribution < -0.4 is 5.32 Å². The van der Waals surface area contributed by atoms with Crippen molar-refractivity contribution in [2.75, 3.05) is 5.32 Å². The van der Waals surface area contributed by atoms with Crippen molar-refractivity contribution in [1.82, 2.24) is 0 Å². The average molecular weight is 339 g/mol. The van der Waals surface area contributed by atoms with Crippen molar-refractivity contribution in [3.05, 3.63) is 56.5 Å². The van der Waals surface area contributed by atoms with Crippen LogP contribution in [0.25, 0.3) is 0 Å².